The number of rotatable bonds is 7. The van der Waals surface area contributed by atoms with Crippen molar-refractivity contribution in [2.45, 2.75) is 52.2 Å². The summed E-state index contributed by atoms with van der Waals surface area (Å²) in [6.45, 7) is 6.65. The van der Waals surface area contributed by atoms with Crippen LogP contribution in [-0.2, 0) is 30.8 Å². The first-order valence-electron chi connectivity index (χ1n) is 10.9. The topological polar surface area (TPSA) is 85.6 Å². The Bertz CT molecular complexity index is 879. The minimum absolute atomic E-state index is 0. The highest BCUT2D eigenvalue weighted by molar-refractivity contribution is 14.0. The largest absolute Gasteiger partial charge is 0.493 e. The molecule has 3 heterocycles. The van der Waals surface area contributed by atoms with Gasteiger partial charge in [0.25, 0.3) is 0 Å². The molecule has 2 aromatic rings. The van der Waals surface area contributed by atoms with Crippen LogP contribution in [0, 0.1) is 12.8 Å². The lowest BCUT2D eigenvalue weighted by molar-refractivity contribution is 0.166. The lowest BCUT2D eigenvalue weighted by Gasteiger charge is -2.17. The van der Waals surface area contributed by atoms with E-state index < -0.39 is 0 Å². The Hall–Kier alpha value is -1.88. The molecule has 1 aromatic carbocycles. The second-order valence-corrected chi connectivity index (χ2v) is 8.07. The van der Waals surface area contributed by atoms with Crippen molar-refractivity contribution in [1.29, 1.82) is 0 Å². The van der Waals surface area contributed by atoms with Gasteiger partial charge in [-0.15, -0.1) is 34.2 Å². The second-order valence-electron chi connectivity index (χ2n) is 8.07. The Labute approximate surface area is 201 Å². The van der Waals surface area contributed by atoms with E-state index in [2.05, 4.69) is 55.5 Å². The van der Waals surface area contributed by atoms with Gasteiger partial charge in [-0.1, -0.05) is 12.1 Å². The summed E-state index contributed by atoms with van der Waals surface area (Å²) in [5.41, 5.74) is 2.30. The molecule has 0 radical (unpaired) electrons. The number of nitrogens with one attached hydrogen (secondary N) is 2. The van der Waals surface area contributed by atoms with Crippen LogP contribution in [0.5, 0.6) is 5.75 Å². The molecule has 1 saturated heterocycles. The van der Waals surface area contributed by atoms with E-state index in [9.17, 15) is 0 Å². The van der Waals surface area contributed by atoms with Crippen molar-refractivity contribution < 1.29 is 9.47 Å². The van der Waals surface area contributed by atoms with Crippen LogP contribution in [0.2, 0.25) is 0 Å². The summed E-state index contributed by atoms with van der Waals surface area (Å²) in [4.78, 5) is 4.35. The summed E-state index contributed by atoms with van der Waals surface area (Å²) in [6, 6.07) is 6.33. The number of guanidine groups is 1. The number of benzene rings is 1. The normalized spacial score (nSPS) is 18.3. The lowest BCUT2D eigenvalue weighted by Crippen LogP contribution is -2.37. The first-order chi connectivity index (χ1) is 14.7. The molecule has 2 aliphatic heterocycles. The molecule has 4 rings (SSSR count). The van der Waals surface area contributed by atoms with Crippen LogP contribution < -0.4 is 15.4 Å². The van der Waals surface area contributed by atoms with Crippen molar-refractivity contribution in [3.63, 3.8) is 0 Å². The molecule has 0 spiro atoms. The molecule has 9 heteroatoms. The Balaban J connectivity index is 0.00000272. The average Bonchev–Trinajstić information content (AvgIpc) is 3.43. The molecule has 31 heavy (non-hydrogen) atoms. The molecular weight excluding hydrogens is 507 g/mol. The van der Waals surface area contributed by atoms with Crippen molar-refractivity contribution in [2.24, 2.45) is 10.9 Å². The first kappa shape index (κ1) is 23.8. The van der Waals surface area contributed by atoms with Crippen LogP contribution in [0.15, 0.2) is 23.2 Å². The summed E-state index contributed by atoms with van der Waals surface area (Å²) >= 11 is 0. The van der Waals surface area contributed by atoms with Gasteiger partial charge in [0, 0.05) is 44.6 Å². The summed E-state index contributed by atoms with van der Waals surface area (Å²) in [6.07, 6.45) is 4.48. The van der Waals surface area contributed by atoms with Gasteiger partial charge in [-0.3, -0.25) is 4.99 Å². The van der Waals surface area contributed by atoms with Gasteiger partial charge < -0.3 is 24.7 Å². The van der Waals surface area contributed by atoms with Crippen molar-refractivity contribution in [3.8, 4) is 5.75 Å². The number of hydrogen-bond acceptors (Lipinski definition) is 5. The summed E-state index contributed by atoms with van der Waals surface area (Å²) in [5.74, 6) is 4.20. The molecule has 170 valence electrons. The van der Waals surface area contributed by atoms with Gasteiger partial charge in [-0.25, -0.2) is 0 Å². The Morgan fingerprint density at radius 3 is 2.94 bits per heavy atom. The molecule has 0 saturated carbocycles. The van der Waals surface area contributed by atoms with Crippen LogP contribution in [0.3, 0.4) is 0 Å². The fourth-order valence-electron chi connectivity index (χ4n) is 3.93. The molecule has 0 bridgehead atoms. The molecule has 1 fully saturated rings. The number of aromatic nitrogens is 3. The zero-order valence-corrected chi connectivity index (χ0v) is 20.7. The fourth-order valence-corrected chi connectivity index (χ4v) is 3.93. The molecule has 0 aliphatic carbocycles. The Kier molecular flexibility index (Phi) is 8.94. The number of ether oxygens (including phenoxy) is 2. The molecule has 2 aliphatic rings. The van der Waals surface area contributed by atoms with E-state index in [1.165, 1.54) is 18.4 Å². The van der Waals surface area contributed by atoms with Crippen LogP contribution >= 0.6 is 24.0 Å². The average molecular weight is 540 g/mol. The number of hydrogen-bond donors (Lipinski definition) is 2. The predicted molar refractivity (Wildman–Crippen MR) is 131 cm³/mol. The smallest absolute Gasteiger partial charge is 0.191 e. The zero-order valence-electron chi connectivity index (χ0n) is 18.4. The highest BCUT2D eigenvalue weighted by Gasteiger charge is 2.18. The van der Waals surface area contributed by atoms with E-state index >= 15 is 0 Å². The second kappa shape index (κ2) is 11.7. The summed E-state index contributed by atoms with van der Waals surface area (Å²) < 4.78 is 13.8. The third kappa shape index (κ3) is 6.31. The highest BCUT2D eigenvalue weighted by atomic mass is 127. The third-order valence-electron chi connectivity index (χ3n) is 5.74. The number of aryl methyl sites for hydroxylation is 2. The Morgan fingerprint density at radius 1 is 1.26 bits per heavy atom. The predicted octanol–water partition coefficient (Wildman–Crippen LogP) is 2.82. The van der Waals surface area contributed by atoms with Crippen molar-refractivity contribution in [1.82, 2.24) is 25.4 Å². The number of halogens is 1. The lowest BCUT2D eigenvalue weighted by atomic mass is 10.1. The van der Waals surface area contributed by atoms with Gasteiger partial charge in [-0.2, -0.15) is 0 Å². The minimum atomic E-state index is 0. The third-order valence-corrected chi connectivity index (χ3v) is 5.74. The maximum absolute atomic E-state index is 6.15. The summed E-state index contributed by atoms with van der Waals surface area (Å²) in [5, 5.41) is 15.4. The fraction of sp³-hybridized carbons (Fsp3) is 0.591. The van der Waals surface area contributed by atoms with Crippen LogP contribution in [-0.4, -0.2) is 47.6 Å². The van der Waals surface area contributed by atoms with Crippen LogP contribution in [0.4, 0.5) is 0 Å². The molecule has 0 amide bonds. The molecule has 2 N–H and O–H groups in total. The maximum atomic E-state index is 6.15. The SMILES string of the molecule is CN=C(NCc1ccc(C)cc1OCC1CCOC1)NCc1nnc2n1CCCC2.I. The molecule has 1 atom stereocenters. The van der Waals surface area contributed by atoms with Crippen molar-refractivity contribution >= 4 is 29.9 Å². The quantitative estimate of drug-likeness (QED) is 0.319. The number of nitrogens with zero attached hydrogens (tertiary/aromatic N) is 4. The Morgan fingerprint density at radius 2 is 2.13 bits per heavy atom. The number of aliphatic imine (C=N–C) groups is 1. The number of fused-ring (bicyclic) bond motifs is 1. The van der Waals surface area contributed by atoms with Crippen molar-refractivity contribution in [2.75, 3.05) is 26.9 Å². The van der Waals surface area contributed by atoms with E-state index in [0.717, 1.165) is 61.5 Å². The van der Waals surface area contributed by atoms with E-state index in [-0.39, 0.29) is 24.0 Å². The van der Waals surface area contributed by atoms with Gasteiger partial charge in [0.15, 0.2) is 11.8 Å². The van der Waals surface area contributed by atoms with E-state index in [1.807, 2.05) is 0 Å². The molecule has 1 unspecified atom stereocenters. The molecule has 8 nitrogen and oxygen atoms in total. The zero-order chi connectivity index (χ0) is 20.8. The summed E-state index contributed by atoms with van der Waals surface area (Å²) in [7, 11) is 1.78. The standard InChI is InChI=1S/C22H32N6O2.HI/c1-16-6-7-18(19(11-16)30-15-17-8-10-29-14-17)12-24-22(23-2)25-13-21-27-26-20-5-3-4-9-28(20)21;/h6-7,11,17H,3-5,8-10,12-15H2,1-2H3,(H2,23,24,25);1H. The first-order valence-corrected chi connectivity index (χ1v) is 10.9. The van der Waals surface area contributed by atoms with Crippen molar-refractivity contribution in [3.05, 3.63) is 41.0 Å². The van der Waals surface area contributed by atoms with E-state index in [4.69, 9.17) is 9.47 Å². The monoisotopic (exact) mass is 540 g/mol. The highest BCUT2D eigenvalue weighted by Crippen LogP contribution is 2.22. The minimum Gasteiger partial charge on any atom is -0.493 e. The van der Waals surface area contributed by atoms with E-state index in [0.29, 0.717) is 25.6 Å². The molecule has 1 aromatic heterocycles. The van der Waals surface area contributed by atoms with Crippen LogP contribution in [0.1, 0.15) is 42.0 Å². The van der Waals surface area contributed by atoms with Gasteiger partial charge in [-0.05, 0) is 37.8 Å². The molecular formula is C22H33IN6O2. The van der Waals surface area contributed by atoms with Gasteiger partial charge in [0.1, 0.15) is 11.6 Å². The van der Waals surface area contributed by atoms with Gasteiger partial charge in [0.2, 0.25) is 0 Å². The van der Waals surface area contributed by atoms with E-state index in [1.54, 1.807) is 7.05 Å². The van der Waals surface area contributed by atoms with Gasteiger partial charge >= 0.3 is 0 Å². The van der Waals surface area contributed by atoms with Gasteiger partial charge in [0.05, 0.1) is 19.8 Å². The maximum Gasteiger partial charge on any atom is 0.191 e. The van der Waals surface area contributed by atoms with Crippen LogP contribution in [0.25, 0.3) is 0 Å².